The van der Waals surface area contributed by atoms with E-state index in [4.69, 9.17) is 4.74 Å². The maximum Gasteiger partial charge on any atom is 0.313 e. The molecule has 0 saturated heterocycles. The summed E-state index contributed by atoms with van der Waals surface area (Å²) in [5, 5.41) is 0. The molecule has 4 heteroatoms. The number of carbonyl (C=O) groups excluding carboxylic acids is 2. The number of ether oxygens (including phenoxy) is 1. The van der Waals surface area contributed by atoms with Gasteiger partial charge in [0.15, 0.2) is 5.78 Å². The first kappa shape index (κ1) is 29.5. The Kier molecular flexibility index (Phi) is 8.44. The molecule has 0 fully saturated rings. The predicted molar refractivity (Wildman–Crippen MR) is 149 cm³/mol. The molecule has 1 aromatic rings. The van der Waals surface area contributed by atoms with E-state index in [-0.39, 0.29) is 34.6 Å². The monoisotopic (exact) mass is 544 g/mol. The topological polar surface area (TPSA) is 43.4 Å². The molecule has 194 valence electrons. The molecule has 0 aliphatic heterocycles. The van der Waals surface area contributed by atoms with Gasteiger partial charge in [0.25, 0.3) is 0 Å². The fourth-order valence-electron chi connectivity index (χ4n) is 5.47. The summed E-state index contributed by atoms with van der Waals surface area (Å²) in [6.07, 6.45) is 5.49. The summed E-state index contributed by atoms with van der Waals surface area (Å²) >= 11 is 3.46. The highest BCUT2D eigenvalue weighted by atomic mass is 79.9. The molecular formula is C31H45BrO3. The van der Waals surface area contributed by atoms with Crippen LogP contribution in [0, 0.1) is 27.1 Å². The summed E-state index contributed by atoms with van der Waals surface area (Å²) in [6, 6.07) is 7.84. The second-order valence-corrected chi connectivity index (χ2v) is 14.0. The van der Waals surface area contributed by atoms with Gasteiger partial charge in [0.1, 0.15) is 6.61 Å². The van der Waals surface area contributed by atoms with Crippen LogP contribution in [0.15, 0.2) is 52.0 Å². The Balaban J connectivity index is 2.79. The van der Waals surface area contributed by atoms with E-state index in [9.17, 15) is 9.59 Å². The summed E-state index contributed by atoms with van der Waals surface area (Å²) in [5.74, 6) is -0.113. The first-order valence-electron chi connectivity index (χ1n) is 12.8. The molecule has 35 heavy (non-hydrogen) atoms. The van der Waals surface area contributed by atoms with Gasteiger partial charge < -0.3 is 4.74 Å². The van der Waals surface area contributed by atoms with Crippen molar-refractivity contribution in [3.05, 3.63) is 57.6 Å². The van der Waals surface area contributed by atoms with Crippen LogP contribution in [0.25, 0.3) is 0 Å². The van der Waals surface area contributed by atoms with Crippen LogP contribution in [0.5, 0.6) is 0 Å². The lowest BCUT2D eigenvalue weighted by Gasteiger charge is -2.55. The Bertz CT molecular complexity index is 967. The zero-order valence-electron chi connectivity index (χ0n) is 23.7. The lowest BCUT2D eigenvalue weighted by atomic mass is 9.46. The third kappa shape index (κ3) is 5.53. The molecule has 0 heterocycles. The van der Waals surface area contributed by atoms with Crippen molar-refractivity contribution in [3.8, 4) is 0 Å². The fraction of sp³-hybridized carbons (Fsp3) is 0.613. The first-order valence-corrected chi connectivity index (χ1v) is 13.6. The van der Waals surface area contributed by atoms with Crippen LogP contribution < -0.4 is 0 Å². The summed E-state index contributed by atoms with van der Waals surface area (Å²) in [4.78, 5) is 27.9. The summed E-state index contributed by atoms with van der Waals surface area (Å²) in [5.41, 5.74) is -0.0570. The van der Waals surface area contributed by atoms with Gasteiger partial charge in [-0.3, -0.25) is 9.59 Å². The Morgan fingerprint density at radius 1 is 0.829 bits per heavy atom. The van der Waals surface area contributed by atoms with Crippen molar-refractivity contribution in [1.82, 2.24) is 0 Å². The highest BCUT2D eigenvalue weighted by Gasteiger charge is 2.61. The molecule has 1 aliphatic rings. The minimum Gasteiger partial charge on any atom is -0.460 e. The first-order chi connectivity index (χ1) is 15.9. The molecule has 0 amide bonds. The predicted octanol–water partition coefficient (Wildman–Crippen LogP) is 8.86. The molecule has 1 aliphatic carbocycles. The average molecular weight is 546 g/mol. The zero-order valence-corrected chi connectivity index (χ0v) is 25.3. The number of rotatable bonds is 6. The molecular weight excluding hydrogens is 500 g/mol. The molecule has 0 radical (unpaired) electrons. The van der Waals surface area contributed by atoms with Crippen molar-refractivity contribution in [2.45, 2.75) is 95.6 Å². The number of ketones is 1. The SMILES string of the molecule is CCC(CC)(C(=O)OCc1ccc(Br)cc1)C1(C(C)(C)C)C=C(C(C)(C)C)C(=O)C(C(C)(C)C)=C1. The van der Waals surface area contributed by atoms with E-state index in [0.717, 1.165) is 21.2 Å². The Hall–Kier alpha value is -1.68. The minimum atomic E-state index is -0.825. The van der Waals surface area contributed by atoms with Crippen LogP contribution in [0.4, 0.5) is 0 Å². The quantitative estimate of drug-likeness (QED) is 0.335. The van der Waals surface area contributed by atoms with Crippen molar-refractivity contribution in [2.75, 3.05) is 0 Å². The second-order valence-electron chi connectivity index (χ2n) is 13.1. The van der Waals surface area contributed by atoms with Gasteiger partial charge in [0.05, 0.1) is 5.41 Å². The van der Waals surface area contributed by atoms with Crippen molar-refractivity contribution in [2.24, 2.45) is 27.1 Å². The molecule has 0 aromatic heterocycles. The Morgan fingerprint density at radius 2 is 1.26 bits per heavy atom. The van der Waals surface area contributed by atoms with Gasteiger partial charge in [-0.1, -0.05) is 116 Å². The van der Waals surface area contributed by atoms with E-state index in [1.165, 1.54) is 0 Å². The Morgan fingerprint density at radius 3 is 1.60 bits per heavy atom. The van der Waals surface area contributed by atoms with Gasteiger partial charge in [-0.15, -0.1) is 0 Å². The lowest BCUT2D eigenvalue weighted by Crippen LogP contribution is -2.55. The van der Waals surface area contributed by atoms with E-state index < -0.39 is 10.8 Å². The highest BCUT2D eigenvalue weighted by molar-refractivity contribution is 9.10. The van der Waals surface area contributed by atoms with Crippen molar-refractivity contribution >= 4 is 27.7 Å². The molecule has 0 spiro atoms. The molecule has 0 saturated carbocycles. The maximum absolute atomic E-state index is 14.1. The van der Waals surface area contributed by atoms with Gasteiger partial charge >= 0.3 is 5.97 Å². The fourth-order valence-corrected chi connectivity index (χ4v) is 5.74. The normalized spacial score (nSPS) is 17.1. The molecule has 0 unspecified atom stereocenters. The van der Waals surface area contributed by atoms with Crippen LogP contribution >= 0.6 is 15.9 Å². The summed E-state index contributed by atoms with van der Waals surface area (Å²) < 4.78 is 7.05. The van der Waals surface area contributed by atoms with E-state index in [1.54, 1.807) is 0 Å². The van der Waals surface area contributed by atoms with Gasteiger partial charge in [0, 0.05) is 21.0 Å². The van der Waals surface area contributed by atoms with Gasteiger partial charge in [-0.05, 0) is 46.8 Å². The van der Waals surface area contributed by atoms with Gasteiger partial charge in [-0.25, -0.2) is 0 Å². The van der Waals surface area contributed by atoms with E-state index in [2.05, 4.69) is 104 Å². The molecule has 0 atom stereocenters. The van der Waals surface area contributed by atoms with Gasteiger partial charge in [0.2, 0.25) is 0 Å². The summed E-state index contributed by atoms with van der Waals surface area (Å²) in [6.45, 7) is 23.4. The van der Waals surface area contributed by atoms with Crippen LogP contribution in [0.1, 0.15) is 94.6 Å². The van der Waals surface area contributed by atoms with Crippen molar-refractivity contribution in [3.63, 3.8) is 0 Å². The van der Waals surface area contributed by atoms with Crippen molar-refractivity contribution < 1.29 is 14.3 Å². The average Bonchev–Trinajstić information content (AvgIpc) is 2.72. The third-order valence-corrected chi connectivity index (χ3v) is 8.29. The summed E-state index contributed by atoms with van der Waals surface area (Å²) in [7, 11) is 0. The smallest absolute Gasteiger partial charge is 0.313 e. The van der Waals surface area contributed by atoms with Crippen LogP contribution in [-0.4, -0.2) is 11.8 Å². The number of Topliss-reactive ketones (excluding diaryl/α,β-unsaturated/α-hetero) is 1. The van der Waals surface area contributed by atoms with Crippen LogP contribution in [0.2, 0.25) is 0 Å². The number of allylic oxidation sites excluding steroid dienone is 4. The minimum absolute atomic E-state index is 0.0919. The Labute approximate surface area is 221 Å². The number of halogens is 1. The van der Waals surface area contributed by atoms with Crippen LogP contribution in [0.3, 0.4) is 0 Å². The van der Waals surface area contributed by atoms with E-state index >= 15 is 0 Å². The number of hydrogen-bond acceptors (Lipinski definition) is 3. The molecule has 0 N–H and O–H groups in total. The molecule has 2 rings (SSSR count). The van der Waals surface area contributed by atoms with Gasteiger partial charge in [-0.2, -0.15) is 0 Å². The van der Waals surface area contributed by atoms with Crippen LogP contribution in [-0.2, 0) is 20.9 Å². The molecule has 3 nitrogen and oxygen atoms in total. The highest BCUT2D eigenvalue weighted by Crippen LogP contribution is 2.62. The lowest BCUT2D eigenvalue weighted by molar-refractivity contribution is -0.169. The van der Waals surface area contributed by atoms with Crippen molar-refractivity contribution in [1.29, 1.82) is 0 Å². The van der Waals surface area contributed by atoms with E-state index in [1.807, 2.05) is 24.3 Å². The number of hydrogen-bond donors (Lipinski definition) is 0. The zero-order chi connectivity index (χ0) is 27.0. The number of carbonyl (C=O) groups is 2. The molecule has 1 aromatic carbocycles. The third-order valence-electron chi connectivity index (χ3n) is 7.76. The molecule has 0 bridgehead atoms. The number of benzene rings is 1. The van der Waals surface area contributed by atoms with E-state index in [0.29, 0.717) is 12.8 Å². The maximum atomic E-state index is 14.1. The number of esters is 1. The second kappa shape index (κ2) is 10.00. The standard InChI is InChI=1S/C31H45BrO3/c1-12-30(13-2,26(34)35-20-21-14-16-22(32)17-15-21)31(29(9,10)11)18-23(27(3,4)5)25(33)24(19-31)28(6,7)8/h14-19H,12-13,20H2,1-11H3. The largest absolute Gasteiger partial charge is 0.460 e.